The van der Waals surface area contributed by atoms with E-state index in [0.29, 0.717) is 0 Å². The van der Waals surface area contributed by atoms with Gasteiger partial charge in [0.2, 0.25) is 0 Å². The summed E-state index contributed by atoms with van der Waals surface area (Å²) in [4.78, 5) is 25.8. The zero-order chi connectivity index (χ0) is 13.7. The number of carbonyl (C=O) groups is 2. The van der Waals surface area contributed by atoms with E-state index < -0.39 is 12.1 Å². The number of nitrogens with one attached hydrogen (secondary N) is 1. The maximum absolute atomic E-state index is 11.5. The highest BCUT2D eigenvalue weighted by Gasteiger charge is 2.11. The maximum Gasteiger partial charge on any atom is 0.413 e. The fraction of sp³-hybridized carbons (Fsp3) is 0.0833. The first-order valence-electron chi connectivity index (χ1n) is 5.31. The van der Waals surface area contributed by atoms with E-state index >= 15 is 0 Å². The number of aromatic nitrogens is 1. The molecule has 0 radical (unpaired) electrons. The number of carbonyl (C=O) groups excluding carboxylic acids is 1. The van der Waals surface area contributed by atoms with Crippen LogP contribution in [0.3, 0.4) is 0 Å². The molecule has 0 saturated heterocycles. The monoisotopic (exact) mass is 278 g/mol. The van der Waals surface area contributed by atoms with Crippen LogP contribution in [0.4, 0.5) is 9.93 Å². The van der Waals surface area contributed by atoms with Crippen molar-refractivity contribution >= 4 is 28.5 Å². The van der Waals surface area contributed by atoms with Crippen LogP contribution >= 0.6 is 11.3 Å². The van der Waals surface area contributed by atoms with Crippen LogP contribution < -0.4 is 5.32 Å². The second-order valence-electron chi connectivity index (χ2n) is 3.53. The number of rotatable bonds is 4. The van der Waals surface area contributed by atoms with Gasteiger partial charge in [-0.25, -0.2) is 14.6 Å². The van der Waals surface area contributed by atoms with Crippen LogP contribution in [0.25, 0.3) is 0 Å². The number of hydrogen-bond donors (Lipinski definition) is 2. The normalized spacial score (nSPS) is 9.89. The summed E-state index contributed by atoms with van der Waals surface area (Å²) >= 11 is 1.02. The lowest BCUT2D eigenvalue weighted by atomic mass is 10.2. The number of anilines is 1. The smallest absolute Gasteiger partial charge is 0.413 e. The molecule has 0 unspecified atom stereocenters. The Balaban J connectivity index is 1.85. The number of carboxylic acid groups (broad SMARTS) is 1. The summed E-state index contributed by atoms with van der Waals surface area (Å²) in [7, 11) is 0. The van der Waals surface area contributed by atoms with Gasteiger partial charge in [-0.3, -0.25) is 5.32 Å². The molecule has 6 nitrogen and oxygen atoms in total. The molecular weight excluding hydrogens is 268 g/mol. The molecule has 0 saturated carbocycles. The highest BCUT2D eigenvalue weighted by Crippen LogP contribution is 2.15. The van der Waals surface area contributed by atoms with Crippen molar-refractivity contribution in [2.45, 2.75) is 6.61 Å². The predicted octanol–water partition coefficient (Wildman–Crippen LogP) is 2.59. The van der Waals surface area contributed by atoms with Gasteiger partial charge in [-0.2, -0.15) is 0 Å². The van der Waals surface area contributed by atoms with Crippen LogP contribution in [0, 0.1) is 0 Å². The Labute approximate surface area is 112 Å². The number of ether oxygens (including phenoxy) is 1. The number of carboxylic acids is 1. The molecule has 1 heterocycles. The number of amides is 1. The Hall–Kier alpha value is -2.41. The zero-order valence-electron chi connectivity index (χ0n) is 9.70. The summed E-state index contributed by atoms with van der Waals surface area (Å²) in [5, 5.41) is 12.6. The van der Waals surface area contributed by atoms with Crippen molar-refractivity contribution in [1.29, 1.82) is 0 Å². The molecule has 2 rings (SSSR count). The number of hydrogen-bond acceptors (Lipinski definition) is 5. The van der Waals surface area contributed by atoms with Gasteiger partial charge >= 0.3 is 12.1 Å². The molecule has 1 aromatic carbocycles. The Morgan fingerprint density at radius 2 is 2.05 bits per heavy atom. The van der Waals surface area contributed by atoms with Gasteiger partial charge in [-0.1, -0.05) is 30.3 Å². The molecule has 98 valence electrons. The molecule has 0 spiro atoms. The third kappa shape index (κ3) is 3.78. The predicted molar refractivity (Wildman–Crippen MR) is 69.3 cm³/mol. The quantitative estimate of drug-likeness (QED) is 0.897. The molecule has 0 aliphatic rings. The van der Waals surface area contributed by atoms with Gasteiger partial charge in [-0.05, 0) is 5.56 Å². The minimum absolute atomic E-state index is 0.108. The van der Waals surface area contributed by atoms with Gasteiger partial charge in [0.1, 0.15) is 6.61 Å². The SMILES string of the molecule is O=C(Nc1nc(C(=O)O)cs1)OCc1ccccc1. The van der Waals surface area contributed by atoms with E-state index in [-0.39, 0.29) is 17.4 Å². The van der Waals surface area contributed by atoms with Gasteiger partial charge in [0.25, 0.3) is 0 Å². The number of aromatic carboxylic acids is 1. The summed E-state index contributed by atoms with van der Waals surface area (Å²) < 4.78 is 4.97. The average Bonchev–Trinajstić information content (AvgIpc) is 2.86. The van der Waals surface area contributed by atoms with E-state index in [2.05, 4.69) is 10.3 Å². The molecule has 0 fully saturated rings. The Morgan fingerprint density at radius 1 is 1.32 bits per heavy atom. The van der Waals surface area contributed by atoms with E-state index in [9.17, 15) is 9.59 Å². The third-order valence-electron chi connectivity index (χ3n) is 2.15. The van der Waals surface area contributed by atoms with E-state index in [4.69, 9.17) is 9.84 Å². The van der Waals surface area contributed by atoms with Crippen molar-refractivity contribution in [1.82, 2.24) is 4.98 Å². The average molecular weight is 278 g/mol. The Kier molecular flexibility index (Phi) is 4.09. The Morgan fingerprint density at radius 3 is 2.68 bits per heavy atom. The van der Waals surface area contributed by atoms with E-state index in [1.807, 2.05) is 30.3 Å². The van der Waals surface area contributed by atoms with Crippen LogP contribution in [0.5, 0.6) is 0 Å². The summed E-state index contributed by atoms with van der Waals surface area (Å²) in [6.45, 7) is 0.143. The minimum atomic E-state index is -1.14. The highest BCUT2D eigenvalue weighted by molar-refractivity contribution is 7.14. The molecule has 1 aromatic heterocycles. The van der Waals surface area contributed by atoms with Gasteiger partial charge in [-0.15, -0.1) is 11.3 Å². The topological polar surface area (TPSA) is 88.5 Å². The van der Waals surface area contributed by atoms with E-state index in [1.165, 1.54) is 5.38 Å². The molecule has 2 N–H and O–H groups in total. The van der Waals surface area contributed by atoms with Crippen LogP contribution in [0.1, 0.15) is 16.1 Å². The first kappa shape index (κ1) is 13.0. The molecule has 0 aliphatic carbocycles. The zero-order valence-corrected chi connectivity index (χ0v) is 10.5. The lowest BCUT2D eigenvalue weighted by molar-refractivity contribution is 0.0691. The number of thiazole rings is 1. The van der Waals surface area contributed by atoms with Crippen molar-refractivity contribution in [2.75, 3.05) is 5.32 Å². The van der Waals surface area contributed by atoms with Crippen LogP contribution in [0.2, 0.25) is 0 Å². The van der Waals surface area contributed by atoms with E-state index in [1.54, 1.807) is 0 Å². The fourth-order valence-corrected chi connectivity index (χ4v) is 1.95. The summed E-state index contributed by atoms with van der Waals surface area (Å²) in [5.74, 6) is -1.14. The first-order chi connectivity index (χ1) is 9.15. The lowest BCUT2D eigenvalue weighted by Gasteiger charge is -2.04. The van der Waals surface area contributed by atoms with Crippen molar-refractivity contribution in [2.24, 2.45) is 0 Å². The summed E-state index contributed by atoms with van der Waals surface area (Å²) in [6.07, 6.45) is -0.671. The highest BCUT2D eigenvalue weighted by atomic mass is 32.1. The molecule has 0 atom stereocenters. The maximum atomic E-state index is 11.5. The lowest BCUT2D eigenvalue weighted by Crippen LogP contribution is -2.13. The van der Waals surface area contributed by atoms with Gasteiger partial charge in [0.05, 0.1) is 0 Å². The first-order valence-corrected chi connectivity index (χ1v) is 6.19. The van der Waals surface area contributed by atoms with Crippen molar-refractivity contribution < 1.29 is 19.4 Å². The molecule has 19 heavy (non-hydrogen) atoms. The van der Waals surface area contributed by atoms with Gasteiger partial charge < -0.3 is 9.84 Å². The van der Waals surface area contributed by atoms with E-state index in [0.717, 1.165) is 16.9 Å². The largest absolute Gasteiger partial charge is 0.476 e. The summed E-state index contributed by atoms with van der Waals surface area (Å²) in [6, 6.07) is 9.22. The molecule has 7 heteroatoms. The Bertz CT molecular complexity index is 582. The second-order valence-corrected chi connectivity index (χ2v) is 4.39. The molecule has 2 aromatic rings. The van der Waals surface area contributed by atoms with Crippen molar-refractivity contribution in [3.05, 3.63) is 47.0 Å². The third-order valence-corrected chi connectivity index (χ3v) is 2.90. The van der Waals surface area contributed by atoms with Crippen LogP contribution in [-0.2, 0) is 11.3 Å². The fourth-order valence-electron chi connectivity index (χ4n) is 1.28. The molecule has 1 amide bonds. The van der Waals surface area contributed by atoms with Gasteiger partial charge in [0.15, 0.2) is 10.8 Å². The van der Waals surface area contributed by atoms with Gasteiger partial charge in [0, 0.05) is 5.38 Å². The standard InChI is InChI=1S/C12H10N2O4S/c15-10(16)9-7-19-11(13-9)14-12(17)18-6-8-4-2-1-3-5-8/h1-5,7H,6H2,(H,15,16)(H,13,14,17). The van der Waals surface area contributed by atoms with Crippen molar-refractivity contribution in [3.8, 4) is 0 Å². The second kappa shape index (κ2) is 5.96. The summed E-state index contributed by atoms with van der Waals surface area (Å²) in [5.41, 5.74) is 0.756. The number of nitrogens with zero attached hydrogens (tertiary/aromatic N) is 1. The molecule has 0 bridgehead atoms. The van der Waals surface area contributed by atoms with Crippen molar-refractivity contribution in [3.63, 3.8) is 0 Å². The van der Waals surface area contributed by atoms with Crippen LogP contribution in [-0.4, -0.2) is 22.2 Å². The minimum Gasteiger partial charge on any atom is -0.476 e. The number of benzene rings is 1. The molecular formula is C12H10N2O4S. The molecule has 0 aliphatic heterocycles. The van der Waals surface area contributed by atoms with Crippen LogP contribution in [0.15, 0.2) is 35.7 Å².